The second kappa shape index (κ2) is 6.94. The summed E-state index contributed by atoms with van der Waals surface area (Å²) in [5.74, 6) is 0. The first-order valence-electron chi connectivity index (χ1n) is 6.31. The first kappa shape index (κ1) is 15.1. The van der Waals surface area contributed by atoms with Gasteiger partial charge in [-0.2, -0.15) is 0 Å². The Hall–Kier alpha value is -1.28. The molecule has 108 valence electrons. The van der Waals surface area contributed by atoms with Crippen molar-refractivity contribution in [1.29, 1.82) is 0 Å². The second-order valence-corrected chi connectivity index (χ2v) is 7.31. The molecule has 0 spiro atoms. The summed E-state index contributed by atoms with van der Waals surface area (Å²) in [5.41, 5.74) is 0.695. The second-order valence-electron chi connectivity index (χ2n) is 4.15. The Kier molecular flexibility index (Phi) is 5.24. The molecule has 0 aliphatic heterocycles. The number of rotatable bonds is 7. The molecule has 0 saturated carbocycles. The lowest BCUT2D eigenvalue weighted by Crippen LogP contribution is -2.22. The van der Waals surface area contributed by atoms with Crippen molar-refractivity contribution in [2.75, 3.05) is 6.54 Å². The SMILES string of the molecule is CCNCc1ccc(S(=O)(=O)NCc2ccccn2)s1. The number of sulfonamides is 1. The lowest BCUT2D eigenvalue weighted by molar-refractivity contribution is 0.582. The molecule has 2 heterocycles. The smallest absolute Gasteiger partial charge is 0.250 e. The van der Waals surface area contributed by atoms with Crippen molar-refractivity contribution in [3.63, 3.8) is 0 Å². The van der Waals surface area contributed by atoms with Gasteiger partial charge < -0.3 is 5.32 Å². The van der Waals surface area contributed by atoms with Gasteiger partial charge in [0.25, 0.3) is 0 Å². The summed E-state index contributed by atoms with van der Waals surface area (Å²) >= 11 is 1.28. The van der Waals surface area contributed by atoms with Crippen molar-refractivity contribution >= 4 is 21.4 Å². The molecular weight excluding hydrogens is 294 g/mol. The predicted octanol–water partition coefficient (Wildman–Crippen LogP) is 1.73. The fourth-order valence-electron chi connectivity index (χ4n) is 1.59. The van der Waals surface area contributed by atoms with Crippen molar-refractivity contribution in [3.8, 4) is 0 Å². The molecule has 0 radical (unpaired) electrons. The lowest BCUT2D eigenvalue weighted by Gasteiger charge is -2.04. The van der Waals surface area contributed by atoms with Crippen LogP contribution in [0, 0.1) is 0 Å². The summed E-state index contributed by atoms with van der Waals surface area (Å²) < 4.78 is 27.2. The summed E-state index contributed by atoms with van der Waals surface area (Å²) in [4.78, 5) is 5.09. The number of thiophene rings is 1. The van der Waals surface area contributed by atoms with Crippen molar-refractivity contribution < 1.29 is 8.42 Å². The van der Waals surface area contributed by atoms with Crippen LogP contribution in [0.15, 0.2) is 40.7 Å². The van der Waals surface area contributed by atoms with Crippen molar-refractivity contribution in [2.24, 2.45) is 0 Å². The van der Waals surface area contributed by atoms with Crippen molar-refractivity contribution in [1.82, 2.24) is 15.0 Å². The van der Waals surface area contributed by atoms with Gasteiger partial charge in [-0.15, -0.1) is 11.3 Å². The zero-order valence-electron chi connectivity index (χ0n) is 11.2. The van der Waals surface area contributed by atoms with Gasteiger partial charge in [0, 0.05) is 17.6 Å². The molecular formula is C13H17N3O2S2. The zero-order valence-corrected chi connectivity index (χ0v) is 12.8. The largest absolute Gasteiger partial charge is 0.312 e. The van der Waals surface area contributed by atoms with Gasteiger partial charge in [-0.25, -0.2) is 13.1 Å². The van der Waals surface area contributed by atoms with E-state index in [2.05, 4.69) is 15.0 Å². The zero-order chi connectivity index (χ0) is 14.4. The van der Waals surface area contributed by atoms with E-state index in [-0.39, 0.29) is 6.54 Å². The minimum Gasteiger partial charge on any atom is -0.312 e. The number of hydrogen-bond acceptors (Lipinski definition) is 5. The molecule has 2 N–H and O–H groups in total. The highest BCUT2D eigenvalue weighted by Crippen LogP contribution is 2.21. The normalized spacial score (nSPS) is 11.7. The maximum atomic E-state index is 12.1. The van der Waals surface area contributed by atoms with Crippen molar-refractivity contribution in [2.45, 2.75) is 24.2 Å². The average molecular weight is 311 g/mol. The Morgan fingerprint density at radius 2 is 2.05 bits per heavy atom. The van der Waals surface area contributed by atoms with E-state index in [9.17, 15) is 8.42 Å². The van der Waals surface area contributed by atoms with E-state index in [0.717, 1.165) is 11.4 Å². The molecule has 7 heteroatoms. The van der Waals surface area contributed by atoms with Crippen LogP contribution < -0.4 is 10.0 Å². The Balaban J connectivity index is 2.01. The van der Waals surface area contributed by atoms with Gasteiger partial charge in [0.15, 0.2) is 0 Å². The third-order valence-corrected chi connectivity index (χ3v) is 5.60. The van der Waals surface area contributed by atoms with E-state index >= 15 is 0 Å². The van der Waals surface area contributed by atoms with Gasteiger partial charge in [-0.05, 0) is 30.8 Å². The highest BCUT2D eigenvalue weighted by atomic mass is 32.2. The number of nitrogens with one attached hydrogen (secondary N) is 2. The quantitative estimate of drug-likeness (QED) is 0.817. The minimum absolute atomic E-state index is 0.198. The maximum Gasteiger partial charge on any atom is 0.250 e. The molecule has 5 nitrogen and oxygen atoms in total. The van der Waals surface area contributed by atoms with Gasteiger partial charge >= 0.3 is 0 Å². The van der Waals surface area contributed by atoms with Crippen LogP contribution in [-0.2, 0) is 23.1 Å². The van der Waals surface area contributed by atoms with Crippen LogP contribution in [0.3, 0.4) is 0 Å². The fraction of sp³-hybridized carbons (Fsp3) is 0.308. The Morgan fingerprint density at radius 3 is 2.75 bits per heavy atom. The van der Waals surface area contributed by atoms with E-state index in [4.69, 9.17) is 0 Å². The molecule has 0 amide bonds. The monoisotopic (exact) mass is 311 g/mol. The number of aromatic nitrogens is 1. The summed E-state index contributed by atoms with van der Waals surface area (Å²) in [6.45, 7) is 3.76. The molecule has 20 heavy (non-hydrogen) atoms. The van der Waals surface area contributed by atoms with E-state index in [0.29, 0.717) is 16.4 Å². The highest BCUT2D eigenvalue weighted by molar-refractivity contribution is 7.91. The predicted molar refractivity (Wildman–Crippen MR) is 80.0 cm³/mol. The maximum absolute atomic E-state index is 12.1. The van der Waals surface area contributed by atoms with Crippen LogP contribution >= 0.6 is 11.3 Å². The van der Waals surface area contributed by atoms with Crippen molar-refractivity contribution in [3.05, 3.63) is 47.1 Å². The van der Waals surface area contributed by atoms with Crippen LogP contribution in [-0.4, -0.2) is 19.9 Å². The average Bonchev–Trinajstić information content (AvgIpc) is 2.94. The summed E-state index contributed by atoms with van der Waals surface area (Å²) in [7, 11) is -3.46. The van der Waals surface area contributed by atoms with Crippen LogP contribution in [0.1, 0.15) is 17.5 Å². The molecule has 0 unspecified atom stereocenters. The Labute approximate surface area is 123 Å². The minimum atomic E-state index is -3.46. The van der Waals surface area contributed by atoms with Gasteiger partial charge in [-0.3, -0.25) is 4.98 Å². The van der Waals surface area contributed by atoms with Crippen LogP contribution in [0.5, 0.6) is 0 Å². The highest BCUT2D eigenvalue weighted by Gasteiger charge is 2.16. The Morgan fingerprint density at radius 1 is 1.20 bits per heavy atom. The number of pyridine rings is 1. The third-order valence-electron chi connectivity index (χ3n) is 2.62. The molecule has 2 aromatic heterocycles. The van der Waals surface area contributed by atoms with E-state index in [1.807, 2.05) is 19.1 Å². The molecule has 0 bridgehead atoms. The van der Waals surface area contributed by atoms with Gasteiger partial charge in [0.05, 0.1) is 12.2 Å². The summed E-state index contributed by atoms with van der Waals surface area (Å²) in [6.07, 6.45) is 1.64. The molecule has 2 aromatic rings. The molecule has 0 aromatic carbocycles. The standard InChI is InChI=1S/C13H17N3O2S2/c1-2-14-10-12-6-7-13(19-12)20(17,18)16-9-11-5-3-4-8-15-11/h3-8,14,16H,2,9-10H2,1H3. The summed E-state index contributed by atoms with van der Waals surface area (Å²) in [5, 5.41) is 3.17. The van der Waals surface area contributed by atoms with E-state index in [1.54, 1.807) is 24.4 Å². The molecule has 0 aliphatic carbocycles. The van der Waals surface area contributed by atoms with Crippen LogP contribution in [0.25, 0.3) is 0 Å². The molecule has 0 aliphatic rings. The molecule has 0 fully saturated rings. The molecule has 2 rings (SSSR count). The van der Waals surface area contributed by atoms with E-state index < -0.39 is 10.0 Å². The van der Waals surface area contributed by atoms with Crippen LogP contribution in [0.2, 0.25) is 0 Å². The molecule has 0 atom stereocenters. The van der Waals surface area contributed by atoms with Crippen LogP contribution in [0.4, 0.5) is 0 Å². The lowest BCUT2D eigenvalue weighted by atomic mass is 10.4. The number of hydrogen-bond donors (Lipinski definition) is 2. The summed E-state index contributed by atoms with van der Waals surface area (Å²) in [6, 6.07) is 8.88. The fourth-order valence-corrected chi connectivity index (χ4v) is 3.96. The van der Waals surface area contributed by atoms with Gasteiger partial charge in [0.2, 0.25) is 10.0 Å². The van der Waals surface area contributed by atoms with Gasteiger partial charge in [-0.1, -0.05) is 13.0 Å². The number of nitrogens with zero attached hydrogens (tertiary/aromatic N) is 1. The van der Waals surface area contributed by atoms with Gasteiger partial charge in [0.1, 0.15) is 4.21 Å². The Bertz CT molecular complexity index is 639. The van der Waals surface area contributed by atoms with E-state index in [1.165, 1.54) is 11.3 Å². The third kappa shape index (κ3) is 4.11. The topological polar surface area (TPSA) is 71.1 Å². The first-order chi connectivity index (χ1) is 9.62. The molecule has 0 saturated heterocycles. The first-order valence-corrected chi connectivity index (χ1v) is 8.61.